The molecular formula is C41H32N2. The molecule has 43 heavy (non-hydrogen) atoms. The third-order valence-corrected chi connectivity index (χ3v) is 8.09. The zero-order valence-corrected chi connectivity index (χ0v) is 24.1. The molecule has 1 atom stereocenters. The molecule has 0 radical (unpaired) electrons. The van der Waals surface area contributed by atoms with Crippen molar-refractivity contribution in [3.05, 3.63) is 175 Å². The van der Waals surface area contributed by atoms with Crippen LogP contribution in [0.5, 0.6) is 0 Å². The van der Waals surface area contributed by atoms with E-state index in [0.29, 0.717) is 0 Å². The van der Waals surface area contributed by atoms with Crippen molar-refractivity contribution in [2.75, 3.05) is 4.90 Å². The van der Waals surface area contributed by atoms with Crippen molar-refractivity contribution in [1.29, 1.82) is 0 Å². The number of benzene rings is 7. The number of rotatable bonds is 8. The summed E-state index contributed by atoms with van der Waals surface area (Å²) in [6, 6.07) is 49.9. The smallest absolute Gasteiger partial charge is 0.100 e. The number of hydrogen-bond donors (Lipinski definition) is 0. The molecule has 2 heteroatoms. The lowest BCUT2D eigenvalue weighted by atomic mass is 9.87. The molecule has 0 saturated carbocycles. The molecule has 0 heterocycles. The summed E-state index contributed by atoms with van der Waals surface area (Å²) in [6.45, 7) is 2.02. The largest absolute Gasteiger partial charge is 0.310 e. The Balaban J connectivity index is 1.47. The van der Waals surface area contributed by atoms with Crippen LogP contribution in [0.1, 0.15) is 24.1 Å². The number of hydrogen-bond acceptors (Lipinski definition) is 2. The standard InChI is InChI=1S/C41H32N2/c1-2-3-4-14-29-42-41(32-15-8-5-9-16-32)36-26-22-30-23-27-37-38(28-24-31-21-25-35(36)39(30)40(31)37)43(33-17-10-6-11-18-33)34-19-12-7-13-20-34/h2-29,41H,1H3/b3-2-,14-4-,42-29+. The third-order valence-electron chi connectivity index (χ3n) is 8.09. The lowest BCUT2D eigenvalue weighted by Gasteiger charge is -2.28. The van der Waals surface area contributed by atoms with Gasteiger partial charge >= 0.3 is 0 Å². The van der Waals surface area contributed by atoms with Crippen molar-refractivity contribution in [1.82, 2.24) is 0 Å². The van der Waals surface area contributed by atoms with E-state index in [1.807, 2.05) is 37.4 Å². The number of anilines is 3. The van der Waals surface area contributed by atoms with Crippen molar-refractivity contribution < 1.29 is 0 Å². The van der Waals surface area contributed by atoms with Gasteiger partial charge in [-0.2, -0.15) is 0 Å². The minimum atomic E-state index is -0.120. The minimum Gasteiger partial charge on any atom is -0.310 e. The quantitative estimate of drug-likeness (QED) is 0.104. The zero-order valence-electron chi connectivity index (χ0n) is 24.1. The minimum absolute atomic E-state index is 0.120. The molecule has 7 aromatic carbocycles. The Morgan fingerprint density at radius 2 is 1.09 bits per heavy atom. The molecule has 0 amide bonds. The van der Waals surface area contributed by atoms with Crippen molar-refractivity contribution >= 4 is 55.6 Å². The topological polar surface area (TPSA) is 15.6 Å². The number of nitrogens with zero attached hydrogens (tertiary/aromatic N) is 2. The van der Waals surface area contributed by atoms with E-state index >= 15 is 0 Å². The van der Waals surface area contributed by atoms with E-state index in [0.717, 1.165) is 17.1 Å². The summed E-state index contributed by atoms with van der Waals surface area (Å²) < 4.78 is 0. The van der Waals surface area contributed by atoms with E-state index in [1.54, 1.807) is 0 Å². The van der Waals surface area contributed by atoms with E-state index in [4.69, 9.17) is 4.99 Å². The first-order valence-electron chi connectivity index (χ1n) is 14.8. The summed E-state index contributed by atoms with van der Waals surface area (Å²) in [5, 5.41) is 7.52. The SMILES string of the molecule is C\C=C/C=C\C=N\C(c1ccccc1)c1ccc2ccc3c(N(c4ccccc4)c4ccccc4)ccc4ccc1c2c43. The van der Waals surface area contributed by atoms with E-state index in [2.05, 4.69) is 144 Å². The van der Waals surface area contributed by atoms with Crippen molar-refractivity contribution in [2.24, 2.45) is 4.99 Å². The fraction of sp³-hybridized carbons (Fsp3) is 0.0488. The fourth-order valence-electron chi connectivity index (χ4n) is 6.16. The molecule has 0 aromatic heterocycles. The van der Waals surface area contributed by atoms with Crippen LogP contribution in [0.15, 0.2) is 169 Å². The molecule has 7 aromatic rings. The van der Waals surface area contributed by atoms with Gasteiger partial charge in [0, 0.05) is 23.0 Å². The number of allylic oxidation sites excluding steroid dienone is 4. The molecule has 0 bridgehead atoms. The Labute approximate surface area is 252 Å². The van der Waals surface area contributed by atoms with Crippen LogP contribution in [-0.2, 0) is 0 Å². The Bertz CT molecular complexity index is 2030. The summed E-state index contributed by atoms with van der Waals surface area (Å²) in [5.41, 5.74) is 5.81. The highest BCUT2D eigenvalue weighted by molar-refractivity contribution is 6.26. The molecule has 206 valence electrons. The highest BCUT2D eigenvalue weighted by Crippen LogP contribution is 2.45. The van der Waals surface area contributed by atoms with E-state index in [-0.39, 0.29) is 6.04 Å². The molecule has 0 spiro atoms. The van der Waals surface area contributed by atoms with Gasteiger partial charge in [0.15, 0.2) is 0 Å². The average molecular weight is 553 g/mol. The van der Waals surface area contributed by atoms with Gasteiger partial charge in [0.1, 0.15) is 6.04 Å². The molecule has 0 saturated heterocycles. The van der Waals surface area contributed by atoms with Crippen LogP contribution in [0.3, 0.4) is 0 Å². The van der Waals surface area contributed by atoms with Crippen LogP contribution >= 0.6 is 0 Å². The third kappa shape index (κ3) is 4.98. The second-order valence-corrected chi connectivity index (χ2v) is 10.7. The maximum absolute atomic E-state index is 5.09. The van der Waals surface area contributed by atoms with Crippen LogP contribution < -0.4 is 4.90 Å². The molecule has 0 aliphatic heterocycles. The van der Waals surface area contributed by atoms with Crippen molar-refractivity contribution in [3.63, 3.8) is 0 Å². The van der Waals surface area contributed by atoms with E-state index < -0.39 is 0 Å². The van der Waals surface area contributed by atoms with Gasteiger partial charge in [0.2, 0.25) is 0 Å². The zero-order chi connectivity index (χ0) is 29.0. The van der Waals surface area contributed by atoms with Crippen LogP contribution in [0.4, 0.5) is 17.1 Å². The summed E-state index contributed by atoms with van der Waals surface area (Å²) in [4.78, 5) is 7.45. The summed E-state index contributed by atoms with van der Waals surface area (Å²) >= 11 is 0. The van der Waals surface area contributed by atoms with Gasteiger partial charge in [0.05, 0.1) is 5.69 Å². The second-order valence-electron chi connectivity index (χ2n) is 10.7. The van der Waals surface area contributed by atoms with Gasteiger partial charge in [-0.05, 0) is 81.4 Å². The highest BCUT2D eigenvalue weighted by atomic mass is 15.1. The van der Waals surface area contributed by atoms with Gasteiger partial charge in [-0.3, -0.25) is 4.99 Å². The Hall–Kier alpha value is -5.47. The lowest BCUT2D eigenvalue weighted by Crippen LogP contribution is -2.10. The molecule has 2 nitrogen and oxygen atoms in total. The monoisotopic (exact) mass is 552 g/mol. The predicted octanol–water partition coefficient (Wildman–Crippen LogP) is 11.3. The normalized spacial score (nSPS) is 12.9. The lowest BCUT2D eigenvalue weighted by molar-refractivity contribution is 0.889. The molecule has 1 unspecified atom stereocenters. The molecule has 7 rings (SSSR count). The highest BCUT2D eigenvalue weighted by Gasteiger charge is 2.21. The molecular weight excluding hydrogens is 520 g/mol. The van der Waals surface area contributed by atoms with Crippen LogP contribution in [-0.4, -0.2) is 6.21 Å². The van der Waals surface area contributed by atoms with Crippen LogP contribution in [0.2, 0.25) is 0 Å². The van der Waals surface area contributed by atoms with Gasteiger partial charge in [-0.15, -0.1) is 0 Å². The van der Waals surface area contributed by atoms with Gasteiger partial charge in [-0.1, -0.05) is 127 Å². The number of aliphatic imine (C=N–C) groups is 1. The van der Waals surface area contributed by atoms with E-state index in [9.17, 15) is 0 Å². The van der Waals surface area contributed by atoms with Gasteiger partial charge < -0.3 is 4.90 Å². The second kappa shape index (κ2) is 11.8. The fourth-order valence-corrected chi connectivity index (χ4v) is 6.16. The van der Waals surface area contributed by atoms with Gasteiger partial charge in [0.25, 0.3) is 0 Å². The maximum atomic E-state index is 5.09. The maximum Gasteiger partial charge on any atom is 0.100 e. The summed E-state index contributed by atoms with van der Waals surface area (Å²) in [7, 11) is 0. The number of para-hydroxylation sites is 2. The summed E-state index contributed by atoms with van der Waals surface area (Å²) in [5.74, 6) is 0. The Morgan fingerprint density at radius 1 is 0.535 bits per heavy atom. The van der Waals surface area contributed by atoms with E-state index in [1.165, 1.54) is 43.4 Å². The predicted molar refractivity (Wildman–Crippen MR) is 186 cm³/mol. The Morgan fingerprint density at radius 3 is 1.74 bits per heavy atom. The van der Waals surface area contributed by atoms with Crippen molar-refractivity contribution in [2.45, 2.75) is 13.0 Å². The molecule has 0 aliphatic rings. The first-order chi connectivity index (χ1) is 21.3. The molecule has 0 aliphatic carbocycles. The Kier molecular flexibility index (Phi) is 7.25. The van der Waals surface area contributed by atoms with Crippen LogP contribution in [0, 0.1) is 0 Å². The van der Waals surface area contributed by atoms with Crippen molar-refractivity contribution in [3.8, 4) is 0 Å². The molecule has 0 N–H and O–H groups in total. The molecule has 0 fully saturated rings. The summed E-state index contributed by atoms with van der Waals surface area (Å²) in [6.07, 6.45) is 9.98. The van der Waals surface area contributed by atoms with Crippen LogP contribution in [0.25, 0.3) is 32.3 Å². The first-order valence-corrected chi connectivity index (χ1v) is 14.8. The van der Waals surface area contributed by atoms with Gasteiger partial charge in [-0.25, -0.2) is 0 Å². The first kappa shape index (κ1) is 26.4. The average Bonchev–Trinajstić information content (AvgIpc) is 3.07.